The van der Waals surface area contributed by atoms with E-state index in [2.05, 4.69) is 27.3 Å². The van der Waals surface area contributed by atoms with Crippen LogP contribution in [0.1, 0.15) is 5.82 Å². The molecule has 0 unspecified atom stereocenters. The zero-order valence-corrected chi connectivity index (χ0v) is 12.2. The van der Waals surface area contributed by atoms with E-state index < -0.39 is 0 Å². The van der Waals surface area contributed by atoms with Crippen LogP contribution in [0.3, 0.4) is 0 Å². The summed E-state index contributed by atoms with van der Waals surface area (Å²) >= 11 is 7.60. The van der Waals surface area contributed by atoms with E-state index in [4.69, 9.17) is 11.6 Å². The van der Waals surface area contributed by atoms with Gasteiger partial charge in [-0.15, -0.1) is 11.8 Å². The molecule has 1 heterocycles. The van der Waals surface area contributed by atoms with E-state index in [1.54, 1.807) is 11.8 Å². The van der Waals surface area contributed by atoms with Crippen molar-refractivity contribution in [2.75, 3.05) is 0 Å². The van der Waals surface area contributed by atoms with Crippen molar-refractivity contribution >= 4 is 23.4 Å². The minimum atomic E-state index is 0.699. The van der Waals surface area contributed by atoms with Crippen LogP contribution in [0.25, 0.3) is 11.4 Å². The van der Waals surface area contributed by atoms with Gasteiger partial charge in [0.1, 0.15) is 5.82 Å². The Hall–Kier alpha value is -1.78. The molecule has 0 saturated heterocycles. The minimum Gasteiger partial charge on any atom is -0.262 e. The van der Waals surface area contributed by atoms with Crippen molar-refractivity contribution in [1.29, 1.82) is 0 Å². The molecule has 0 spiro atoms. The lowest BCUT2D eigenvalue weighted by atomic mass is 10.2. The SMILES string of the molecule is Clc1ccc(-c2n[nH]c(CSc3ccccc3)n2)cc1. The standard InChI is InChI=1S/C15H12ClN3S/c16-12-8-6-11(7-9-12)15-17-14(18-19-15)10-20-13-4-2-1-3-5-13/h1-9H,10H2,(H,17,18,19). The van der Waals surface area contributed by atoms with E-state index in [1.807, 2.05) is 42.5 Å². The average molecular weight is 302 g/mol. The summed E-state index contributed by atoms with van der Waals surface area (Å²) in [6, 6.07) is 17.7. The summed E-state index contributed by atoms with van der Waals surface area (Å²) in [7, 11) is 0. The van der Waals surface area contributed by atoms with Crippen molar-refractivity contribution in [2.45, 2.75) is 10.6 Å². The van der Waals surface area contributed by atoms with Crippen molar-refractivity contribution in [2.24, 2.45) is 0 Å². The van der Waals surface area contributed by atoms with E-state index in [1.165, 1.54) is 4.90 Å². The molecule has 5 heteroatoms. The predicted octanol–water partition coefficient (Wildman–Crippen LogP) is 4.42. The van der Waals surface area contributed by atoms with Gasteiger partial charge in [0.15, 0.2) is 5.82 Å². The zero-order chi connectivity index (χ0) is 13.8. The van der Waals surface area contributed by atoms with Crippen molar-refractivity contribution in [3.63, 3.8) is 0 Å². The van der Waals surface area contributed by atoms with Gasteiger partial charge in [0.2, 0.25) is 0 Å². The number of nitrogens with zero attached hydrogens (tertiary/aromatic N) is 2. The fourth-order valence-corrected chi connectivity index (χ4v) is 2.66. The van der Waals surface area contributed by atoms with Crippen LogP contribution in [-0.2, 0) is 5.75 Å². The van der Waals surface area contributed by atoms with Crippen LogP contribution in [0.5, 0.6) is 0 Å². The number of halogens is 1. The maximum absolute atomic E-state index is 5.87. The second-order valence-corrected chi connectivity index (χ2v) is 5.70. The molecular weight excluding hydrogens is 290 g/mol. The Morgan fingerprint density at radius 1 is 1.00 bits per heavy atom. The number of aromatic amines is 1. The fourth-order valence-electron chi connectivity index (χ4n) is 1.76. The van der Waals surface area contributed by atoms with Gasteiger partial charge in [-0.2, -0.15) is 5.10 Å². The summed E-state index contributed by atoms with van der Waals surface area (Å²) < 4.78 is 0. The molecule has 0 fully saturated rings. The zero-order valence-electron chi connectivity index (χ0n) is 10.6. The first kappa shape index (κ1) is 13.2. The number of H-pyrrole nitrogens is 1. The normalized spacial score (nSPS) is 10.7. The first-order valence-electron chi connectivity index (χ1n) is 6.16. The number of hydrogen-bond donors (Lipinski definition) is 1. The Morgan fingerprint density at radius 3 is 2.50 bits per heavy atom. The molecule has 2 aromatic carbocycles. The Labute approximate surface area is 126 Å². The maximum atomic E-state index is 5.87. The Bertz CT molecular complexity index is 680. The smallest absolute Gasteiger partial charge is 0.181 e. The Morgan fingerprint density at radius 2 is 1.75 bits per heavy atom. The molecule has 100 valence electrons. The number of benzene rings is 2. The second kappa shape index (κ2) is 6.11. The lowest BCUT2D eigenvalue weighted by Gasteiger charge is -1.97. The van der Waals surface area contributed by atoms with Gasteiger partial charge in [-0.1, -0.05) is 29.8 Å². The largest absolute Gasteiger partial charge is 0.262 e. The summed E-state index contributed by atoms with van der Waals surface area (Å²) in [5, 5.41) is 7.92. The highest BCUT2D eigenvalue weighted by atomic mass is 35.5. The van der Waals surface area contributed by atoms with E-state index in [-0.39, 0.29) is 0 Å². The summed E-state index contributed by atoms with van der Waals surface area (Å²) in [5.74, 6) is 2.33. The number of thioether (sulfide) groups is 1. The third kappa shape index (κ3) is 3.21. The van der Waals surface area contributed by atoms with Crippen LogP contribution in [-0.4, -0.2) is 15.2 Å². The first-order chi connectivity index (χ1) is 9.81. The average Bonchev–Trinajstić information content (AvgIpc) is 2.96. The molecular formula is C15H12ClN3S. The lowest BCUT2D eigenvalue weighted by molar-refractivity contribution is 1.03. The topological polar surface area (TPSA) is 41.6 Å². The first-order valence-corrected chi connectivity index (χ1v) is 7.53. The quantitative estimate of drug-likeness (QED) is 0.725. The molecule has 0 bridgehead atoms. The van der Waals surface area contributed by atoms with Crippen molar-refractivity contribution in [1.82, 2.24) is 15.2 Å². The summed E-state index contributed by atoms with van der Waals surface area (Å²) in [4.78, 5) is 5.71. The number of aromatic nitrogens is 3. The molecule has 20 heavy (non-hydrogen) atoms. The van der Waals surface area contributed by atoms with E-state index in [0.29, 0.717) is 10.8 Å². The van der Waals surface area contributed by atoms with Gasteiger partial charge in [-0.05, 0) is 36.4 Å². The summed E-state index contributed by atoms with van der Waals surface area (Å²) in [6.45, 7) is 0. The van der Waals surface area contributed by atoms with Crippen LogP contribution in [0.4, 0.5) is 0 Å². The fraction of sp³-hybridized carbons (Fsp3) is 0.0667. The van der Waals surface area contributed by atoms with Crippen LogP contribution in [0.2, 0.25) is 5.02 Å². The molecule has 0 amide bonds. The Balaban J connectivity index is 1.69. The highest BCUT2D eigenvalue weighted by molar-refractivity contribution is 7.98. The maximum Gasteiger partial charge on any atom is 0.181 e. The molecule has 0 atom stereocenters. The van der Waals surface area contributed by atoms with E-state index in [0.717, 1.165) is 17.1 Å². The van der Waals surface area contributed by atoms with Gasteiger partial charge in [-0.25, -0.2) is 4.98 Å². The monoisotopic (exact) mass is 301 g/mol. The molecule has 1 N–H and O–H groups in total. The molecule has 0 aliphatic rings. The van der Waals surface area contributed by atoms with Crippen molar-refractivity contribution in [3.05, 3.63) is 65.4 Å². The molecule has 0 aliphatic heterocycles. The van der Waals surface area contributed by atoms with E-state index >= 15 is 0 Å². The van der Waals surface area contributed by atoms with Gasteiger partial charge in [0.25, 0.3) is 0 Å². The van der Waals surface area contributed by atoms with Crippen LogP contribution in [0.15, 0.2) is 59.5 Å². The second-order valence-electron chi connectivity index (χ2n) is 4.21. The van der Waals surface area contributed by atoms with Gasteiger partial charge in [0, 0.05) is 15.5 Å². The third-order valence-electron chi connectivity index (χ3n) is 2.75. The molecule has 0 radical (unpaired) electrons. The predicted molar refractivity (Wildman–Crippen MR) is 82.8 cm³/mol. The molecule has 0 aliphatic carbocycles. The minimum absolute atomic E-state index is 0.699. The highest BCUT2D eigenvalue weighted by Gasteiger charge is 2.06. The number of rotatable bonds is 4. The van der Waals surface area contributed by atoms with Crippen LogP contribution < -0.4 is 0 Å². The molecule has 0 saturated carbocycles. The van der Waals surface area contributed by atoms with Crippen LogP contribution in [0, 0.1) is 0 Å². The summed E-state index contributed by atoms with van der Waals surface area (Å²) in [5.41, 5.74) is 0.960. The van der Waals surface area contributed by atoms with E-state index in [9.17, 15) is 0 Å². The highest BCUT2D eigenvalue weighted by Crippen LogP contribution is 2.22. The number of nitrogens with one attached hydrogen (secondary N) is 1. The molecule has 1 aromatic heterocycles. The number of hydrogen-bond acceptors (Lipinski definition) is 3. The molecule has 3 rings (SSSR count). The Kier molecular flexibility index (Phi) is 4.04. The lowest BCUT2D eigenvalue weighted by Crippen LogP contribution is -1.84. The molecule has 3 nitrogen and oxygen atoms in total. The van der Waals surface area contributed by atoms with Gasteiger partial charge < -0.3 is 0 Å². The van der Waals surface area contributed by atoms with Crippen molar-refractivity contribution in [3.8, 4) is 11.4 Å². The van der Waals surface area contributed by atoms with Gasteiger partial charge in [0.05, 0.1) is 5.75 Å². The third-order valence-corrected chi connectivity index (χ3v) is 4.03. The van der Waals surface area contributed by atoms with Crippen LogP contribution >= 0.6 is 23.4 Å². The summed E-state index contributed by atoms with van der Waals surface area (Å²) in [6.07, 6.45) is 0. The van der Waals surface area contributed by atoms with Crippen molar-refractivity contribution < 1.29 is 0 Å². The van der Waals surface area contributed by atoms with Gasteiger partial charge >= 0.3 is 0 Å². The molecule has 3 aromatic rings. The van der Waals surface area contributed by atoms with Gasteiger partial charge in [-0.3, -0.25) is 5.10 Å².